The standard InChI is InChI=1S/C28H28N4O7S/c29-32-30-19-21-7-4-5-10-24(21)25-28(27(34)35,15-18-40(36,37)23-8-2-1-3-9-23)31-26(39-25)20-11-13-22(14-12-20)38-17-6-16-33/h1-5,7-14,25,33H,6,15-19H2,(H,34,35)/t25-,28-/m0/s1. The second-order valence-corrected chi connectivity index (χ2v) is 11.2. The van der Waals surface area contributed by atoms with Gasteiger partial charge in [0, 0.05) is 29.9 Å². The molecule has 0 unspecified atom stereocenters. The first-order chi connectivity index (χ1) is 19.3. The van der Waals surface area contributed by atoms with E-state index in [-0.39, 0.29) is 30.4 Å². The summed E-state index contributed by atoms with van der Waals surface area (Å²) in [5.74, 6) is -1.26. The molecule has 3 aromatic rings. The topological polar surface area (TPSA) is 171 Å². The van der Waals surface area contributed by atoms with Crippen molar-refractivity contribution in [1.29, 1.82) is 0 Å². The van der Waals surface area contributed by atoms with Crippen molar-refractivity contribution in [2.45, 2.75) is 35.9 Å². The number of sulfone groups is 1. The first-order valence-electron chi connectivity index (χ1n) is 12.5. The van der Waals surface area contributed by atoms with Crippen molar-refractivity contribution in [2.24, 2.45) is 10.1 Å². The Bertz CT molecular complexity index is 1520. The SMILES string of the molecule is [N-]=[N+]=NCc1ccccc1[C@@H]1OC(c2ccc(OCCCO)cc2)=N[C@]1(CCS(=O)(=O)c1ccccc1)C(=O)O. The van der Waals surface area contributed by atoms with E-state index in [4.69, 9.17) is 20.1 Å². The molecule has 0 saturated heterocycles. The summed E-state index contributed by atoms with van der Waals surface area (Å²) in [6.07, 6.45) is -1.09. The molecule has 0 fully saturated rings. The lowest BCUT2D eigenvalue weighted by atomic mass is 9.84. The fourth-order valence-electron chi connectivity index (χ4n) is 4.41. The first-order valence-corrected chi connectivity index (χ1v) is 14.2. The van der Waals surface area contributed by atoms with E-state index < -0.39 is 33.2 Å². The number of azide groups is 1. The van der Waals surface area contributed by atoms with Crippen molar-refractivity contribution in [3.8, 4) is 5.75 Å². The molecular weight excluding hydrogens is 536 g/mol. The van der Waals surface area contributed by atoms with Gasteiger partial charge in [-0.2, -0.15) is 0 Å². The number of carbonyl (C=O) groups is 1. The van der Waals surface area contributed by atoms with Gasteiger partial charge in [0.1, 0.15) is 5.75 Å². The zero-order chi connectivity index (χ0) is 28.6. The Morgan fingerprint density at radius 2 is 1.77 bits per heavy atom. The number of rotatable bonds is 13. The highest BCUT2D eigenvalue weighted by Gasteiger charge is 2.54. The van der Waals surface area contributed by atoms with Gasteiger partial charge in [0.15, 0.2) is 15.9 Å². The zero-order valence-corrected chi connectivity index (χ0v) is 22.3. The molecule has 0 radical (unpaired) electrons. The van der Waals surface area contributed by atoms with E-state index in [1.807, 2.05) is 0 Å². The van der Waals surface area contributed by atoms with Gasteiger partial charge in [0.2, 0.25) is 11.4 Å². The third kappa shape index (κ3) is 6.26. The van der Waals surface area contributed by atoms with Gasteiger partial charge in [0.05, 0.1) is 23.8 Å². The minimum atomic E-state index is -3.84. The summed E-state index contributed by atoms with van der Waals surface area (Å²) >= 11 is 0. The Balaban J connectivity index is 1.75. The third-order valence-corrected chi connectivity index (χ3v) is 8.24. The number of aliphatic carboxylic acids is 1. The number of aliphatic hydroxyl groups is 1. The summed E-state index contributed by atoms with van der Waals surface area (Å²) < 4.78 is 38.0. The number of benzene rings is 3. The predicted octanol–water partition coefficient (Wildman–Crippen LogP) is 4.46. The zero-order valence-electron chi connectivity index (χ0n) is 21.5. The van der Waals surface area contributed by atoms with E-state index in [1.165, 1.54) is 12.1 Å². The summed E-state index contributed by atoms with van der Waals surface area (Å²) in [5, 5.41) is 23.1. The van der Waals surface area contributed by atoms with E-state index in [2.05, 4.69) is 15.0 Å². The van der Waals surface area contributed by atoms with Crippen LogP contribution in [-0.2, 0) is 25.9 Å². The van der Waals surface area contributed by atoms with Crippen molar-refractivity contribution in [1.82, 2.24) is 0 Å². The van der Waals surface area contributed by atoms with Crippen LogP contribution in [0.5, 0.6) is 5.75 Å². The fraction of sp³-hybridized carbons (Fsp3) is 0.286. The number of carboxylic acid groups (broad SMARTS) is 1. The third-order valence-electron chi connectivity index (χ3n) is 6.50. The quantitative estimate of drug-likeness (QED) is 0.133. The van der Waals surface area contributed by atoms with E-state index in [1.54, 1.807) is 66.7 Å². The normalized spacial score (nSPS) is 18.3. The van der Waals surface area contributed by atoms with E-state index in [0.29, 0.717) is 35.5 Å². The molecule has 1 aliphatic rings. The average molecular weight is 565 g/mol. The molecule has 0 aromatic heterocycles. The molecule has 40 heavy (non-hydrogen) atoms. The Kier molecular flexibility index (Phi) is 9.05. The van der Waals surface area contributed by atoms with Crippen LogP contribution in [0.15, 0.2) is 93.9 Å². The summed E-state index contributed by atoms with van der Waals surface area (Å²) in [4.78, 5) is 20.4. The number of hydrogen-bond acceptors (Lipinski definition) is 8. The molecule has 0 spiro atoms. The van der Waals surface area contributed by atoms with E-state index in [0.717, 1.165) is 0 Å². The monoisotopic (exact) mass is 564 g/mol. The minimum absolute atomic E-state index is 0.00251. The average Bonchev–Trinajstić information content (AvgIpc) is 3.37. The maximum atomic E-state index is 13.1. The molecule has 1 heterocycles. The second-order valence-electron chi connectivity index (χ2n) is 9.06. The highest BCUT2D eigenvalue weighted by Crippen LogP contribution is 2.44. The Morgan fingerprint density at radius 3 is 2.45 bits per heavy atom. The Morgan fingerprint density at radius 1 is 1.07 bits per heavy atom. The van der Waals surface area contributed by atoms with Crippen LogP contribution in [0.1, 0.15) is 35.6 Å². The molecule has 3 aromatic carbocycles. The van der Waals surface area contributed by atoms with Gasteiger partial charge in [-0.15, -0.1) is 0 Å². The molecule has 0 bridgehead atoms. The molecule has 2 N–H and O–H groups in total. The number of carboxylic acids is 1. The smallest absolute Gasteiger partial charge is 0.336 e. The lowest BCUT2D eigenvalue weighted by Crippen LogP contribution is -2.42. The number of ether oxygens (including phenoxy) is 2. The fourth-order valence-corrected chi connectivity index (χ4v) is 5.80. The van der Waals surface area contributed by atoms with Gasteiger partial charge in [0.25, 0.3) is 0 Å². The van der Waals surface area contributed by atoms with Crippen molar-refractivity contribution in [2.75, 3.05) is 19.0 Å². The molecule has 208 valence electrons. The maximum Gasteiger partial charge on any atom is 0.336 e. The van der Waals surface area contributed by atoms with Crippen molar-refractivity contribution < 1.29 is 32.9 Å². The van der Waals surface area contributed by atoms with Crippen LogP contribution in [0.4, 0.5) is 0 Å². The van der Waals surface area contributed by atoms with Gasteiger partial charge >= 0.3 is 5.97 Å². The lowest BCUT2D eigenvalue weighted by Gasteiger charge is -2.29. The Labute approximate surface area is 231 Å². The van der Waals surface area contributed by atoms with Gasteiger partial charge in [-0.1, -0.05) is 47.6 Å². The summed E-state index contributed by atoms with van der Waals surface area (Å²) in [6.45, 7) is 0.275. The van der Waals surface area contributed by atoms with Gasteiger partial charge in [-0.3, -0.25) is 0 Å². The first kappa shape index (κ1) is 28.6. The van der Waals surface area contributed by atoms with Crippen molar-refractivity contribution >= 4 is 21.7 Å². The molecule has 4 rings (SSSR count). The molecule has 11 nitrogen and oxygen atoms in total. The van der Waals surface area contributed by atoms with Gasteiger partial charge < -0.3 is 19.7 Å². The van der Waals surface area contributed by atoms with Crippen LogP contribution in [0.25, 0.3) is 10.4 Å². The van der Waals surface area contributed by atoms with Gasteiger partial charge in [-0.05, 0) is 53.1 Å². The summed E-state index contributed by atoms with van der Waals surface area (Å²) in [5.41, 5.74) is 8.31. The molecule has 12 heteroatoms. The highest BCUT2D eigenvalue weighted by molar-refractivity contribution is 7.91. The second kappa shape index (κ2) is 12.6. The van der Waals surface area contributed by atoms with Crippen LogP contribution >= 0.6 is 0 Å². The number of nitrogens with zero attached hydrogens (tertiary/aromatic N) is 4. The van der Waals surface area contributed by atoms with Crippen LogP contribution in [-0.4, -0.2) is 55.0 Å². The summed E-state index contributed by atoms with van der Waals surface area (Å²) in [7, 11) is -3.84. The highest BCUT2D eigenvalue weighted by atomic mass is 32.2. The molecule has 1 aliphatic heterocycles. The van der Waals surface area contributed by atoms with E-state index >= 15 is 0 Å². The van der Waals surface area contributed by atoms with E-state index in [9.17, 15) is 18.3 Å². The molecule has 0 amide bonds. The molecular formula is C28H28N4O7S. The molecule has 0 saturated carbocycles. The lowest BCUT2D eigenvalue weighted by molar-refractivity contribution is -0.146. The number of aliphatic hydroxyl groups excluding tert-OH is 1. The number of aliphatic imine (C=N–C) groups is 1. The van der Waals surface area contributed by atoms with Crippen molar-refractivity contribution in [3.05, 3.63) is 106 Å². The predicted molar refractivity (Wildman–Crippen MR) is 147 cm³/mol. The maximum absolute atomic E-state index is 13.1. The van der Waals surface area contributed by atoms with Crippen LogP contribution < -0.4 is 4.74 Å². The Hall–Kier alpha value is -4.38. The van der Waals surface area contributed by atoms with Crippen LogP contribution in [0.3, 0.4) is 0 Å². The number of hydrogen-bond donors (Lipinski definition) is 2. The summed E-state index contributed by atoms with van der Waals surface area (Å²) in [6, 6.07) is 21.2. The molecule has 2 atom stereocenters. The van der Waals surface area contributed by atoms with Crippen LogP contribution in [0.2, 0.25) is 0 Å². The minimum Gasteiger partial charge on any atom is -0.494 e. The largest absolute Gasteiger partial charge is 0.494 e. The van der Waals surface area contributed by atoms with Crippen molar-refractivity contribution in [3.63, 3.8) is 0 Å². The van der Waals surface area contributed by atoms with Crippen LogP contribution in [0, 0.1) is 0 Å². The molecule has 0 aliphatic carbocycles. The van der Waals surface area contributed by atoms with Gasteiger partial charge in [-0.25, -0.2) is 18.2 Å².